The summed E-state index contributed by atoms with van der Waals surface area (Å²) in [4.78, 5) is 15.3. The Morgan fingerprint density at radius 1 is 1.17 bits per heavy atom. The third-order valence-corrected chi connectivity index (χ3v) is 5.86. The summed E-state index contributed by atoms with van der Waals surface area (Å²) in [5.74, 6) is -0.105. The van der Waals surface area contributed by atoms with Crippen molar-refractivity contribution in [1.29, 1.82) is 0 Å². The fraction of sp³-hybridized carbons (Fsp3) is 0.200. The van der Waals surface area contributed by atoms with Crippen LogP contribution >= 0.6 is 0 Å². The van der Waals surface area contributed by atoms with Crippen LogP contribution in [-0.4, -0.2) is 31.0 Å². The van der Waals surface area contributed by atoms with Crippen molar-refractivity contribution >= 4 is 21.6 Å². The van der Waals surface area contributed by atoms with Gasteiger partial charge in [0.05, 0.1) is 13.4 Å². The van der Waals surface area contributed by atoms with Gasteiger partial charge in [-0.15, -0.1) is 0 Å². The molecule has 0 radical (unpaired) electrons. The number of imidazole rings is 1. The molecule has 0 saturated carbocycles. The molecule has 9 heteroatoms. The van der Waals surface area contributed by atoms with E-state index in [1.54, 1.807) is 25.5 Å². The number of nitrogens with zero attached hydrogens (tertiary/aromatic N) is 2. The number of aromatic nitrogens is 2. The lowest BCUT2D eigenvalue weighted by Crippen LogP contribution is -2.27. The number of ether oxygens (including phenoxy) is 1. The molecular weight excluding hydrogens is 392 g/mol. The van der Waals surface area contributed by atoms with Gasteiger partial charge in [-0.05, 0) is 42.8 Å². The predicted molar refractivity (Wildman–Crippen MR) is 110 cm³/mol. The molecule has 0 aliphatic rings. The van der Waals surface area contributed by atoms with E-state index in [0.29, 0.717) is 5.69 Å². The quantitative estimate of drug-likeness (QED) is 0.619. The fourth-order valence-electron chi connectivity index (χ4n) is 2.88. The molecule has 1 unspecified atom stereocenters. The van der Waals surface area contributed by atoms with Crippen LogP contribution in [0.4, 0.5) is 5.69 Å². The van der Waals surface area contributed by atoms with Crippen molar-refractivity contribution in [3.63, 3.8) is 0 Å². The van der Waals surface area contributed by atoms with Gasteiger partial charge in [-0.25, -0.2) is 18.1 Å². The zero-order chi connectivity index (χ0) is 21.0. The molecule has 1 amide bonds. The Kier molecular flexibility index (Phi) is 6.00. The fourth-order valence-corrected chi connectivity index (χ4v) is 4.31. The van der Waals surface area contributed by atoms with Gasteiger partial charge in [-0.1, -0.05) is 12.1 Å². The van der Waals surface area contributed by atoms with Crippen LogP contribution in [0.1, 0.15) is 25.5 Å². The van der Waals surface area contributed by atoms with Crippen LogP contribution in [-0.2, 0) is 14.8 Å². The molecule has 152 valence electrons. The van der Waals surface area contributed by atoms with Gasteiger partial charge in [0.1, 0.15) is 10.6 Å². The first-order valence-electron chi connectivity index (χ1n) is 8.86. The summed E-state index contributed by atoms with van der Waals surface area (Å²) < 4.78 is 35.7. The molecule has 3 aromatic rings. The maximum Gasteiger partial charge on any atom is 0.244 e. The zero-order valence-corrected chi connectivity index (χ0v) is 17.1. The molecule has 1 aromatic heterocycles. The van der Waals surface area contributed by atoms with Gasteiger partial charge in [-0.2, -0.15) is 0 Å². The van der Waals surface area contributed by atoms with Crippen molar-refractivity contribution in [1.82, 2.24) is 14.3 Å². The van der Waals surface area contributed by atoms with Crippen molar-refractivity contribution in [2.24, 2.45) is 0 Å². The minimum Gasteiger partial charge on any atom is -0.495 e. The SMILES string of the molecule is COc1ccc(NC(C)=O)cc1S(=O)(=O)NC(C)c1ccc(-n2ccnc2)cc1. The molecule has 3 rings (SSSR count). The van der Waals surface area contributed by atoms with E-state index < -0.39 is 16.1 Å². The maximum atomic E-state index is 13.0. The Labute approximate surface area is 169 Å². The molecule has 0 fully saturated rings. The van der Waals surface area contributed by atoms with Crippen LogP contribution in [0.5, 0.6) is 5.75 Å². The van der Waals surface area contributed by atoms with Gasteiger partial charge < -0.3 is 14.6 Å². The number of amides is 1. The highest BCUT2D eigenvalue weighted by atomic mass is 32.2. The van der Waals surface area contributed by atoms with E-state index in [-0.39, 0.29) is 16.6 Å². The molecule has 0 aliphatic carbocycles. The van der Waals surface area contributed by atoms with Gasteiger partial charge in [0.15, 0.2) is 0 Å². The van der Waals surface area contributed by atoms with Gasteiger partial charge in [0, 0.05) is 36.7 Å². The van der Waals surface area contributed by atoms with E-state index in [1.165, 1.54) is 26.2 Å². The first-order chi connectivity index (χ1) is 13.8. The highest BCUT2D eigenvalue weighted by molar-refractivity contribution is 7.89. The number of sulfonamides is 1. The van der Waals surface area contributed by atoms with Crippen LogP contribution < -0.4 is 14.8 Å². The number of anilines is 1. The third-order valence-electron chi connectivity index (χ3n) is 4.30. The van der Waals surface area contributed by atoms with E-state index in [2.05, 4.69) is 15.0 Å². The molecule has 8 nitrogen and oxygen atoms in total. The third kappa shape index (κ3) is 4.82. The normalized spacial score (nSPS) is 12.4. The minimum absolute atomic E-state index is 0.0480. The predicted octanol–water partition coefficient (Wildman–Crippen LogP) is 2.88. The summed E-state index contributed by atoms with van der Waals surface area (Å²) in [6.45, 7) is 3.11. The van der Waals surface area contributed by atoms with Gasteiger partial charge in [-0.3, -0.25) is 4.79 Å². The van der Waals surface area contributed by atoms with E-state index >= 15 is 0 Å². The average Bonchev–Trinajstić information content (AvgIpc) is 3.22. The number of hydrogen-bond acceptors (Lipinski definition) is 5. The van der Waals surface area contributed by atoms with Crippen molar-refractivity contribution in [2.45, 2.75) is 24.8 Å². The largest absolute Gasteiger partial charge is 0.495 e. The summed E-state index contributed by atoms with van der Waals surface area (Å²) in [5.41, 5.74) is 2.09. The zero-order valence-electron chi connectivity index (χ0n) is 16.3. The number of hydrogen-bond donors (Lipinski definition) is 2. The van der Waals surface area contributed by atoms with E-state index in [0.717, 1.165) is 11.3 Å². The van der Waals surface area contributed by atoms with Gasteiger partial charge in [0.2, 0.25) is 15.9 Å². The Balaban J connectivity index is 1.84. The molecule has 2 N–H and O–H groups in total. The van der Waals surface area contributed by atoms with Crippen LogP contribution in [0.15, 0.2) is 66.1 Å². The Bertz CT molecular complexity index is 1090. The van der Waals surface area contributed by atoms with Crippen LogP contribution in [0.2, 0.25) is 0 Å². The van der Waals surface area contributed by atoms with Crippen molar-refractivity contribution < 1.29 is 17.9 Å². The molecule has 2 aromatic carbocycles. The topological polar surface area (TPSA) is 102 Å². The summed E-state index contributed by atoms with van der Waals surface area (Å²) in [6, 6.07) is 11.5. The van der Waals surface area contributed by atoms with Gasteiger partial charge in [0.25, 0.3) is 0 Å². The summed E-state index contributed by atoms with van der Waals surface area (Å²) in [7, 11) is -2.51. The summed E-state index contributed by atoms with van der Waals surface area (Å²) in [5, 5.41) is 2.58. The molecule has 1 atom stereocenters. The summed E-state index contributed by atoms with van der Waals surface area (Å²) >= 11 is 0. The lowest BCUT2D eigenvalue weighted by atomic mass is 10.1. The van der Waals surface area contributed by atoms with Crippen molar-refractivity contribution in [3.05, 3.63) is 66.7 Å². The van der Waals surface area contributed by atoms with Crippen LogP contribution in [0.25, 0.3) is 5.69 Å². The Morgan fingerprint density at radius 2 is 1.90 bits per heavy atom. The monoisotopic (exact) mass is 414 g/mol. The first kappa shape index (κ1) is 20.6. The lowest BCUT2D eigenvalue weighted by molar-refractivity contribution is -0.114. The number of nitrogens with one attached hydrogen (secondary N) is 2. The first-order valence-corrected chi connectivity index (χ1v) is 10.3. The Morgan fingerprint density at radius 3 is 2.48 bits per heavy atom. The second-order valence-electron chi connectivity index (χ2n) is 6.45. The average molecular weight is 414 g/mol. The number of benzene rings is 2. The summed E-state index contributed by atoms with van der Waals surface area (Å²) in [6.07, 6.45) is 5.21. The Hall–Kier alpha value is -3.17. The minimum atomic E-state index is -3.90. The highest BCUT2D eigenvalue weighted by Crippen LogP contribution is 2.28. The number of methoxy groups -OCH3 is 1. The molecule has 29 heavy (non-hydrogen) atoms. The van der Waals surface area contributed by atoms with Crippen LogP contribution in [0.3, 0.4) is 0 Å². The standard InChI is InChI=1S/C20H22N4O4S/c1-14(16-4-7-18(8-5-16)24-11-10-21-13-24)23-29(26,27)20-12-17(22-15(2)25)6-9-19(20)28-3/h4-14,23H,1-3H3,(H,22,25). The second kappa shape index (κ2) is 8.46. The molecular formula is C20H22N4O4S. The van der Waals surface area contributed by atoms with Gasteiger partial charge >= 0.3 is 0 Å². The van der Waals surface area contributed by atoms with E-state index in [4.69, 9.17) is 4.74 Å². The van der Waals surface area contributed by atoms with E-state index in [1.807, 2.05) is 35.0 Å². The second-order valence-corrected chi connectivity index (χ2v) is 8.13. The van der Waals surface area contributed by atoms with Crippen molar-refractivity contribution in [2.75, 3.05) is 12.4 Å². The maximum absolute atomic E-state index is 13.0. The highest BCUT2D eigenvalue weighted by Gasteiger charge is 2.23. The van der Waals surface area contributed by atoms with Crippen LogP contribution in [0, 0.1) is 0 Å². The molecule has 0 aliphatic heterocycles. The van der Waals surface area contributed by atoms with E-state index in [9.17, 15) is 13.2 Å². The van der Waals surface area contributed by atoms with Crippen molar-refractivity contribution in [3.8, 4) is 11.4 Å². The molecule has 0 bridgehead atoms. The smallest absolute Gasteiger partial charge is 0.244 e. The lowest BCUT2D eigenvalue weighted by Gasteiger charge is -2.17. The molecule has 0 spiro atoms. The molecule has 0 saturated heterocycles. The molecule has 1 heterocycles. The number of rotatable bonds is 7. The number of carbonyl (C=O) groups is 1. The number of carbonyl (C=O) groups excluding carboxylic acids is 1.